The van der Waals surface area contributed by atoms with E-state index in [0.29, 0.717) is 16.7 Å². The Bertz CT molecular complexity index is 513. The van der Waals surface area contributed by atoms with Crippen LogP contribution in [0.15, 0.2) is 40.5 Å². The smallest absolute Gasteiger partial charge is 0.187 e. The average molecular weight is 324 g/mol. The van der Waals surface area contributed by atoms with Crippen LogP contribution >= 0.6 is 23.8 Å². The lowest BCUT2D eigenvalue weighted by molar-refractivity contribution is 0.114. The van der Waals surface area contributed by atoms with Gasteiger partial charge in [0.1, 0.15) is 0 Å². The fourth-order valence-electron chi connectivity index (χ4n) is 1.95. The monoisotopic (exact) mass is 323 g/mol. The molecule has 0 bridgehead atoms. The van der Waals surface area contributed by atoms with Gasteiger partial charge in [0.2, 0.25) is 0 Å². The number of benzene rings is 1. The van der Waals surface area contributed by atoms with Crippen molar-refractivity contribution in [2.24, 2.45) is 5.10 Å². The highest BCUT2D eigenvalue weighted by Gasteiger charge is 2.14. The van der Waals surface area contributed by atoms with E-state index in [1.54, 1.807) is 0 Å². The van der Waals surface area contributed by atoms with Crippen LogP contribution in [0.25, 0.3) is 6.08 Å². The molecule has 0 aliphatic carbocycles. The van der Waals surface area contributed by atoms with E-state index in [4.69, 9.17) is 28.6 Å². The first kappa shape index (κ1) is 15.9. The number of hydrogen-bond acceptors (Lipinski definition) is 3. The number of halogens is 1. The van der Waals surface area contributed by atoms with E-state index in [-0.39, 0.29) is 6.10 Å². The van der Waals surface area contributed by atoms with E-state index in [1.807, 2.05) is 36.4 Å². The standard InChI is InChI=1S/C15H18ClN3OS/c16-13(9-12-5-2-1-3-6-12)10-18-19-15(21)17-11-14-7-4-8-20-14/h1-3,5-6,9-10,14H,4,7-8,11H2,(H2,17,19,21)/b13-9-,18-10-/t14-/m0/s1. The quantitative estimate of drug-likeness (QED) is 0.497. The minimum atomic E-state index is 0.246. The number of rotatable bonds is 5. The van der Waals surface area contributed by atoms with Crippen LogP contribution in [0.3, 0.4) is 0 Å². The molecule has 4 nitrogen and oxygen atoms in total. The van der Waals surface area contributed by atoms with Crippen LogP contribution in [0.5, 0.6) is 0 Å². The van der Waals surface area contributed by atoms with E-state index in [0.717, 1.165) is 25.0 Å². The van der Waals surface area contributed by atoms with Crippen LogP contribution in [0.2, 0.25) is 0 Å². The van der Waals surface area contributed by atoms with Crippen molar-refractivity contribution in [3.8, 4) is 0 Å². The normalized spacial score (nSPS) is 18.9. The lowest BCUT2D eigenvalue weighted by Crippen LogP contribution is -2.37. The molecule has 0 saturated carbocycles. The van der Waals surface area contributed by atoms with E-state index in [1.165, 1.54) is 6.21 Å². The third-order valence-electron chi connectivity index (χ3n) is 2.97. The highest BCUT2D eigenvalue weighted by atomic mass is 35.5. The topological polar surface area (TPSA) is 45.6 Å². The molecule has 0 unspecified atom stereocenters. The minimum absolute atomic E-state index is 0.246. The molecule has 2 N–H and O–H groups in total. The molecule has 1 aliphatic heterocycles. The Kier molecular flexibility index (Phi) is 6.66. The largest absolute Gasteiger partial charge is 0.376 e. The molecule has 1 aromatic rings. The highest BCUT2D eigenvalue weighted by molar-refractivity contribution is 7.80. The summed E-state index contributed by atoms with van der Waals surface area (Å²) in [4.78, 5) is 0. The maximum atomic E-state index is 6.07. The van der Waals surface area contributed by atoms with Crippen molar-refractivity contribution in [2.75, 3.05) is 13.2 Å². The van der Waals surface area contributed by atoms with Gasteiger partial charge in [0.05, 0.1) is 17.4 Å². The van der Waals surface area contributed by atoms with E-state index in [9.17, 15) is 0 Å². The molecule has 112 valence electrons. The molecule has 1 fully saturated rings. The molecular formula is C15H18ClN3OS. The molecule has 0 amide bonds. The molecule has 0 aromatic heterocycles. The van der Waals surface area contributed by atoms with Crippen LogP contribution in [-0.2, 0) is 4.74 Å². The van der Waals surface area contributed by atoms with Crippen molar-refractivity contribution in [3.05, 3.63) is 40.9 Å². The zero-order chi connectivity index (χ0) is 14.9. The zero-order valence-electron chi connectivity index (χ0n) is 11.6. The first-order valence-corrected chi connectivity index (χ1v) is 7.63. The Morgan fingerprint density at radius 3 is 2.95 bits per heavy atom. The number of ether oxygens (including phenoxy) is 1. The molecule has 0 spiro atoms. The van der Waals surface area contributed by atoms with Crippen molar-refractivity contribution in [3.63, 3.8) is 0 Å². The number of hydrogen-bond donors (Lipinski definition) is 2. The van der Waals surface area contributed by atoms with Crippen molar-refractivity contribution in [2.45, 2.75) is 18.9 Å². The van der Waals surface area contributed by atoms with Crippen LogP contribution in [0.1, 0.15) is 18.4 Å². The van der Waals surface area contributed by atoms with Crippen molar-refractivity contribution >= 4 is 41.2 Å². The Balaban J connectivity index is 1.71. The Morgan fingerprint density at radius 1 is 1.43 bits per heavy atom. The molecule has 1 atom stereocenters. The molecule has 1 aliphatic rings. The second-order valence-corrected chi connectivity index (χ2v) is 5.50. The molecule has 1 saturated heterocycles. The summed E-state index contributed by atoms with van der Waals surface area (Å²) in [5, 5.41) is 8.05. The second-order valence-electron chi connectivity index (χ2n) is 4.65. The molecule has 1 heterocycles. The summed E-state index contributed by atoms with van der Waals surface area (Å²) in [6.07, 6.45) is 5.79. The second kappa shape index (κ2) is 8.77. The molecule has 2 rings (SSSR count). The van der Waals surface area contributed by atoms with E-state index >= 15 is 0 Å². The van der Waals surface area contributed by atoms with Crippen molar-refractivity contribution < 1.29 is 4.74 Å². The summed E-state index contributed by atoms with van der Waals surface area (Å²) < 4.78 is 5.49. The summed E-state index contributed by atoms with van der Waals surface area (Å²) in [6.45, 7) is 1.54. The van der Waals surface area contributed by atoms with Crippen LogP contribution in [-0.4, -0.2) is 30.6 Å². The van der Waals surface area contributed by atoms with Crippen molar-refractivity contribution in [1.82, 2.24) is 10.7 Å². The maximum absolute atomic E-state index is 6.07. The van der Waals surface area contributed by atoms with Gasteiger partial charge in [-0.1, -0.05) is 41.9 Å². The van der Waals surface area contributed by atoms with Gasteiger partial charge in [0, 0.05) is 13.2 Å². The summed E-state index contributed by atoms with van der Waals surface area (Å²) in [7, 11) is 0. The predicted octanol–water partition coefficient (Wildman–Crippen LogP) is 2.90. The van der Waals surface area contributed by atoms with Gasteiger partial charge in [-0.25, -0.2) is 0 Å². The van der Waals surface area contributed by atoms with Crippen molar-refractivity contribution in [1.29, 1.82) is 0 Å². The molecule has 6 heteroatoms. The average Bonchev–Trinajstić information content (AvgIpc) is 2.99. The lowest BCUT2D eigenvalue weighted by atomic mass is 10.2. The van der Waals surface area contributed by atoms with Gasteiger partial charge in [-0.15, -0.1) is 0 Å². The van der Waals surface area contributed by atoms with Gasteiger partial charge >= 0.3 is 0 Å². The van der Waals surface area contributed by atoms with E-state index < -0.39 is 0 Å². The summed E-state index contributed by atoms with van der Waals surface area (Å²) in [5.74, 6) is 0. The Labute approximate surface area is 135 Å². The predicted molar refractivity (Wildman–Crippen MR) is 91.5 cm³/mol. The first-order chi connectivity index (χ1) is 10.2. The van der Waals surface area contributed by atoms with Gasteiger partial charge in [-0.05, 0) is 36.7 Å². The number of nitrogens with zero attached hydrogens (tertiary/aromatic N) is 1. The van der Waals surface area contributed by atoms with Gasteiger partial charge in [-0.2, -0.15) is 5.10 Å². The maximum Gasteiger partial charge on any atom is 0.187 e. The van der Waals surface area contributed by atoms with E-state index in [2.05, 4.69) is 15.8 Å². The summed E-state index contributed by atoms with van der Waals surface area (Å²) >= 11 is 11.2. The van der Waals surface area contributed by atoms with Gasteiger partial charge in [-0.3, -0.25) is 5.43 Å². The first-order valence-electron chi connectivity index (χ1n) is 6.85. The Hall–Kier alpha value is -1.43. The third kappa shape index (κ3) is 6.25. The number of allylic oxidation sites excluding steroid dienone is 1. The fraction of sp³-hybridized carbons (Fsp3) is 0.333. The lowest BCUT2D eigenvalue weighted by Gasteiger charge is -2.11. The summed E-state index contributed by atoms with van der Waals surface area (Å²) in [6, 6.07) is 9.80. The molecular weight excluding hydrogens is 306 g/mol. The van der Waals surface area contributed by atoms with Gasteiger partial charge < -0.3 is 10.1 Å². The molecule has 21 heavy (non-hydrogen) atoms. The highest BCUT2D eigenvalue weighted by Crippen LogP contribution is 2.10. The van der Waals surface area contributed by atoms with Crippen LogP contribution in [0.4, 0.5) is 0 Å². The van der Waals surface area contributed by atoms with Crippen LogP contribution < -0.4 is 10.7 Å². The summed E-state index contributed by atoms with van der Waals surface area (Å²) in [5.41, 5.74) is 3.75. The SMILES string of the molecule is S=C(NC[C@@H]1CCCO1)N/N=C\C(Cl)=C\c1ccccc1. The minimum Gasteiger partial charge on any atom is -0.376 e. The molecule has 1 aromatic carbocycles. The third-order valence-corrected chi connectivity index (χ3v) is 3.41. The number of hydrazone groups is 1. The number of nitrogens with one attached hydrogen (secondary N) is 2. The number of thiocarbonyl (C=S) groups is 1. The van der Waals surface area contributed by atoms with Crippen LogP contribution in [0, 0.1) is 0 Å². The zero-order valence-corrected chi connectivity index (χ0v) is 13.2. The fourth-order valence-corrected chi connectivity index (χ4v) is 2.26. The Morgan fingerprint density at radius 2 is 2.24 bits per heavy atom. The van der Waals surface area contributed by atoms with Gasteiger partial charge in [0.15, 0.2) is 5.11 Å². The van der Waals surface area contributed by atoms with Gasteiger partial charge in [0.25, 0.3) is 0 Å². The molecule has 0 radical (unpaired) electrons.